The SMILES string of the molecule is COc1cc(F)c(Cl)c(F)c1Br. The molecule has 1 rings (SSSR count). The molecule has 1 aromatic carbocycles. The molecular formula is C7H4BrClF2O. The van der Waals surface area contributed by atoms with Crippen molar-refractivity contribution in [2.45, 2.75) is 0 Å². The van der Waals surface area contributed by atoms with Crippen molar-refractivity contribution in [2.75, 3.05) is 7.11 Å². The van der Waals surface area contributed by atoms with Crippen molar-refractivity contribution in [1.29, 1.82) is 0 Å². The van der Waals surface area contributed by atoms with E-state index in [0.717, 1.165) is 6.07 Å². The highest BCUT2D eigenvalue weighted by Crippen LogP contribution is 2.33. The second-order valence-corrected chi connectivity index (χ2v) is 3.17. The molecule has 0 fully saturated rings. The summed E-state index contributed by atoms with van der Waals surface area (Å²) < 4.78 is 30.4. The smallest absolute Gasteiger partial charge is 0.162 e. The lowest BCUT2D eigenvalue weighted by Crippen LogP contribution is -1.91. The Morgan fingerprint density at radius 1 is 1.50 bits per heavy atom. The fourth-order valence-corrected chi connectivity index (χ4v) is 1.44. The summed E-state index contributed by atoms with van der Waals surface area (Å²) >= 11 is 8.15. The highest BCUT2D eigenvalue weighted by molar-refractivity contribution is 9.10. The summed E-state index contributed by atoms with van der Waals surface area (Å²) in [5.74, 6) is -1.61. The fourth-order valence-electron chi connectivity index (χ4n) is 0.700. The van der Waals surface area contributed by atoms with Crippen LogP contribution in [0.2, 0.25) is 5.02 Å². The molecule has 0 N–H and O–H groups in total. The van der Waals surface area contributed by atoms with Crippen LogP contribution >= 0.6 is 27.5 Å². The quantitative estimate of drug-likeness (QED) is 0.553. The predicted octanol–water partition coefficient (Wildman–Crippen LogP) is 3.39. The van der Waals surface area contributed by atoms with Crippen molar-refractivity contribution in [3.63, 3.8) is 0 Å². The van der Waals surface area contributed by atoms with Crippen molar-refractivity contribution < 1.29 is 13.5 Å². The van der Waals surface area contributed by atoms with Gasteiger partial charge in [-0.1, -0.05) is 11.6 Å². The summed E-state index contributed by atoms with van der Waals surface area (Å²) in [6.45, 7) is 0. The average molecular weight is 257 g/mol. The van der Waals surface area contributed by atoms with Gasteiger partial charge in [-0.15, -0.1) is 0 Å². The van der Waals surface area contributed by atoms with Crippen molar-refractivity contribution in [1.82, 2.24) is 0 Å². The molecule has 0 aliphatic heterocycles. The van der Waals surface area contributed by atoms with Crippen molar-refractivity contribution >= 4 is 27.5 Å². The summed E-state index contributed by atoms with van der Waals surface area (Å²) in [6, 6.07) is 1.01. The van der Waals surface area contributed by atoms with Crippen molar-refractivity contribution in [3.8, 4) is 5.75 Å². The van der Waals surface area contributed by atoms with Gasteiger partial charge < -0.3 is 4.74 Å². The van der Waals surface area contributed by atoms with E-state index in [2.05, 4.69) is 20.7 Å². The maximum Gasteiger partial charge on any atom is 0.162 e. The first-order valence-electron chi connectivity index (χ1n) is 2.95. The normalized spacial score (nSPS) is 10.1. The van der Waals surface area contributed by atoms with Crippen LogP contribution in [0.4, 0.5) is 8.78 Å². The van der Waals surface area contributed by atoms with Gasteiger partial charge in [-0.3, -0.25) is 0 Å². The molecule has 1 nitrogen and oxygen atoms in total. The Morgan fingerprint density at radius 2 is 2.08 bits per heavy atom. The van der Waals surface area contributed by atoms with Gasteiger partial charge >= 0.3 is 0 Å². The minimum atomic E-state index is -0.853. The van der Waals surface area contributed by atoms with Gasteiger partial charge in [0.2, 0.25) is 0 Å². The van der Waals surface area contributed by atoms with E-state index in [1.807, 2.05) is 0 Å². The van der Waals surface area contributed by atoms with Crippen molar-refractivity contribution in [2.24, 2.45) is 0 Å². The maximum absolute atomic E-state index is 12.9. The third kappa shape index (κ3) is 1.54. The molecule has 0 saturated carbocycles. The minimum Gasteiger partial charge on any atom is -0.495 e. The lowest BCUT2D eigenvalue weighted by Gasteiger charge is -2.05. The highest BCUT2D eigenvalue weighted by atomic mass is 79.9. The molecule has 12 heavy (non-hydrogen) atoms. The summed E-state index contributed by atoms with van der Waals surface area (Å²) in [5, 5.41) is -0.539. The van der Waals surface area contributed by atoms with Crippen LogP contribution in [0.5, 0.6) is 5.75 Å². The van der Waals surface area contributed by atoms with Crippen LogP contribution in [-0.4, -0.2) is 7.11 Å². The van der Waals surface area contributed by atoms with Gasteiger partial charge in [-0.25, -0.2) is 8.78 Å². The predicted molar refractivity (Wildman–Crippen MR) is 45.6 cm³/mol. The molecule has 0 aromatic heterocycles. The van der Waals surface area contributed by atoms with E-state index in [1.54, 1.807) is 0 Å². The molecule has 5 heteroatoms. The maximum atomic E-state index is 12.9. The number of halogens is 4. The molecule has 0 unspecified atom stereocenters. The fraction of sp³-hybridized carbons (Fsp3) is 0.143. The second kappa shape index (κ2) is 3.58. The highest BCUT2D eigenvalue weighted by Gasteiger charge is 2.15. The molecule has 0 amide bonds. The van der Waals surface area contributed by atoms with Gasteiger partial charge in [0.15, 0.2) is 5.82 Å². The third-order valence-electron chi connectivity index (χ3n) is 1.29. The standard InChI is InChI=1S/C7H4BrClF2O/c1-12-4-2-3(10)6(9)7(11)5(4)8/h2H,1H3. The number of hydrogen-bond donors (Lipinski definition) is 0. The van der Waals surface area contributed by atoms with E-state index < -0.39 is 16.7 Å². The van der Waals surface area contributed by atoms with E-state index >= 15 is 0 Å². The lowest BCUT2D eigenvalue weighted by atomic mass is 10.3. The van der Waals surface area contributed by atoms with Crippen LogP contribution in [-0.2, 0) is 0 Å². The van der Waals surface area contributed by atoms with Gasteiger partial charge in [-0.05, 0) is 15.9 Å². The number of ether oxygens (including phenoxy) is 1. The van der Waals surface area contributed by atoms with E-state index in [0.29, 0.717) is 0 Å². The van der Waals surface area contributed by atoms with Crippen LogP contribution in [0.3, 0.4) is 0 Å². The number of benzene rings is 1. The van der Waals surface area contributed by atoms with Crippen LogP contribution in [0.25, 0.3) is 0 Å². The van der Waals surface area contributed by atoms with Crippen molar-refractivity contribution in [3.05, 3.63) is 27.2 Å². The van der Waals surface area contributed by atoms with E-state index in [1.165, 1.54) is 7.11 Å². The molecule has 0 atom stereocenters. The summed E-state index contributed by atoms with van der Waals surface area (Å²) in [4.78, 5) is 0. The Hall–Kier alpha value is -0.350. The molecule has 0 bridgehead atoms. The van der Waals surface area contributed by atoms with Gasteiger partial charge in [0, 0.05) is 6.07 Å². The van der Waals surface area contributed by atoms with Gasteiger partial charge in [0.1, 0.15) is 16.6 Å². The van der Waals surface area contributed by atoms with Crippen LogP contribution in [0.1, 0.15) is 0 Å². The van der Waals surface area contributed by atoms with Crippen LogP contribution in [0.15, 0.2) is 10.5 Å². The molecule has 0 heterocycles. The zero-order valence-corrected chi connectivity index (χ0v) is 8.34. The largest absolute Gasteiger partial charge is 0.495 e. The summed E-state index contributed by atoms with van der Waals surface area (Å²) in [5.41, 5.74) is 0. The lowest BCUT2D eigenvalue weighted by molar-refractivity contribution is 0.403. The Labute approximate surface area is 81.4 Å². The number of rotatable bonds is 1. The molecule has 66 valence electrons. The Morgan fingerprint density at radius 3 is 2.58 bits per heavy atom. The summed E-state index contributed by atoms with van der Waals surface area (Å²) in [6.07, 6.45) is 0. The van der Waals surface area contributed by atoms with Gasteiger partial charge in [-0.2, -0.15) is 0 Å². The average Bonchev–Trinajstić information content (AvgIpc) is 2.08. The van der Waals surface area contributed by atoms with E-state index in [9.17, 15) is 8.78 Å². The topological polar surface area (TPSA) is 9.23 Å². The van der Waals surface area contributed by atoms with Gasteiger partial charge in [0.05, 0.1) is 11.6 Å². The second-order valence-electron chi connectivity index (χ2n) is 2.00. The summed E-state index contributed by atoms with van der Waals surface area (Å²) in [7, 11) is 1.31. The number of methoxy groups -OCH3 is 1. The third-order valence-corrected chi connectivity index (χ3v) is 2.37. The monoisotopic (exact) mass is 256 g/mol. The zero-order chi connectivity index (χ0) is 9.30. The van der Waals surface area contributed by atoms with Gasteiger partial charge in [0.25, 0.3) is 0 Å². The van der Waals surface area contributed by atoms with E-state index in [4.69, 9.17) is 11.6 Å². The number of hydrogen-bond acceptors (Lipinski definition) is 1. The minimum absolute atomic E-state index is 0.0244. The Bertz CT molecular complexity index is 317. The first-order chi connectivity index (χ1) is 5.57. The molecule has 0 radical (unpaired) electrons. The first kappa shape index (κ1) is 9.74. The molecule has 0 aliphatic rings. The first-order valence-corrected chi connectivity index (χ1v) is 4.12. The zero-order valence-electron chi connectivity index (χ0n) is 6.00. The van der Waals surface area contributed by atoms with Crippen LogP contribution in [0, 0.1) is 11.6 Å². The van der Waals surface area contributed by atoms with Crippen LogP contribution < -0.4 is 4.74 Å². The molecular weight excluding hydrogens is 253 g/mol. The molecule has 1 aromatic rings. The Kier molecular flexibility index (Phi) is 2.90. The molecule has 0 spiro atoms. The molecule has 0 aliphatic carbocycles. The molecule has 0 saturated heterocycles. The Balaban J connectivity index is 3.39. The van der Waals surface area contributed by atoms with E-state index in [-0.39, 0.29) is 10.2 Å².